The van der Waals surface area contributed by atoms with Crippen molar-refractivity contribution in [1.82, 2.24) is 0 Å². The number of thiophene rings is 1. The first-order valence-corrected chi connectivity index (χ1v) is 7.25. The number of nitrogens with two attached hydrogens (primary N) is 1. The van der Waals surface area contributed by atoms with Crippen molar-refractivity contribution in [2.45, 2.75) is 19.9 Å². The Kier molecular flexibility index (Phi) is 4.63. The monoisotopic (exact) mass is 290 g/mol. The smallest absolute Gasteiger partial charge is 0.350 e. The molecule has 2 aromatic rings. The van der Waals surface area contributed by atoms with Crippen LogP contribution in [0.15, 0.2) is 30.3 Å². The molecule has 0 saturated heterocycles. The minimum absolute atomic E-state index is 0.396. The lowest BCUT2D eigenvalue weighted by molar-refractivity contribution is 0.0607. The summed E-state index contributed by atoms with van der Waals surface area (Å²) in [4.78, 5) is 11.9. The third-order valence-electron chi connectivity index (χ3n) is 3.03. The van der Waals surface area contributed by atoms with E-state index in [4.69, 9.17) is 5.73 Å². The van der Waals surface area contributed by atoms with Crippen LogP contribution in [0.4, 0.5) is 10.7 Å². The average Bonchev–Trinajstić information content (AvgIpc) is 2.86. The van der Waals surface area contributed by atoms with E-state index in [9.17, 15) is 4.79 Å². The number of hydrogen-bond acceptors (Lipinski definition) is 5. The van der Waals surface area contributed by atoms with Gasteiger partial charge in [-0.25, -0.2) is 4.79 Å². The van der Waals surface area contributed by atoms with Gasteiger partial charge in [0.25, 0.3) is 0 Å². The predicted molar refractivity (Wildman–Crippen MR) is 83.2 cm³/mol. The molecule has 0 bridgehead atoms. The number of rotatable bonds is 5. The molecule has 4 nitrogen and oxygen atoms in total. The Morgan fingerprint density at radius 2 is 1.95 bits per heavy atom. The molecule has 0 aliphatic rings. The molecule has 20 heavy (non-hydrogen) atoms. The summed E-state index contributed by atoms with van der Waals surface area (Å²) in [5.74, 6) is -0.396. The fourth-order valence-corrected chi connectivity index (χ4v) is 2.72. The molecule has 0 unspecified atom stereocenters. The number of carbonyl (C=O) groups is 1. The number of hydrogen-bond donors (Lipinski definition) is 2. The number of methoxy groups -OCH3 is 1. The van der Waals surface area contributed by atoms with Crippen molar-refractivity contribution < 1.29 is 9.53 Å². The summed E-state index contributed by atoms with van der Waals surface area (Å²) in [6, 6.07) is 10.2. The van der Waals surface area contributed by atoms with Crippen molar-refractivity contribution in [3.8, 4) is 0 Å². The Hall–Kier alpha value is -2.01. The number of anilines is 2. The molecule has 0 atom stereocenters. The fourth-order valence-electron chi connectivity index (χ4n) is 1.83. The van der Waals surface area contributed by atoms with Gasteiger partial charge in [0.15, 0.2) is 0 Å². The van der Waals surface area contributed by atoms with E-state index in [-0.39, 0.29) is 0 Å². The Morgan fingerprint density at radius 1 is 1.30 bits per heavy atom. The van der Waals surface area contributed by atoms with Crippen LogP contribution in [0.1, 0.15) is 27.7 Å². The second-order valence-corrected chi connectivity index (χ2v) is 5.46. The van der Waals surface area contributed by atoms with Crippen molar-refractivity contribution in [3.63, 3.8) is 0 Å². The molecule has 0 aliphatic carbocycles. The van der Waals surface area contributed by atoms with Crippen LogP contribution in [0.5, 0.6) is 0 Å². The third-order valence-corrected chi connectivity index (χ3v) is 4.12. The van der Waals surface area contributed by atoms with Crippen LogP contribution >= 0.6 is 11.3 Å². The standard InChI is InChI=1S/C15H18N2O2S/c1-3-10-4-6-11(7-5-10)9-17-13-8-12(16)14(20-13)15(18)19-2/h4-8,17H,3,9,16H2,1-2H3. The van der Waals surface area contributed by atoms with Gasteiger partial charge in [-0.1, -0.05) is 31.2 Å². The summed E-state index contributed by atoms with van der Waals surface area (Å²) >= 11 is 1.31. The largest absolute Gasteiger partial charge is 0.465 e. The summed E-state index contributed by atoms with van der Waals surface area (Å²) in [6.45, 7) is 2.83. The maximum Gasteiger partial charge on any atom is 0.350 e. The first-order chi connectivity index (χ1) is 9.63. The van der Waals surface area contributed by atoms with Crippen LogP contribution in [0.2, 0.25) is 0 Å². The number of nitrogens with one attached hydrogen (secondary N) is 1. The van der Waals surface area contributed by atoms with Crippen molar-refractivity contribution >= 4 is 28.0 Å². The Labute approximate surface area is 122 Å². The van der Waals surface area contributed by atoms with Crippen molar-refractivity contribution in [2.75, 3.05) is 18.2 Å². The van der Waals surface area contributed by atoms with Gasteiger partial charge >= 0.3 is 5.97 Å². The minimum Gasteiger partial charge on any atom is -0.465 e. The van der Waals surface area contributed by atoms with Crippen LogP contribution in [-0.4, -0.2) is 13.1 Å². The van der Waals surface area contributed by atoms with Gasteiger partial charge in [0.2, 0.25) is 0 Å². The normalized spacial score (nSPS) is 10.3. The molecular formula is C15H18N2O2S. The second-order valence-electron chi connectivity index (χ2n) is 4.41. The minimum atomic E-state index is -0.396. The van der Waals surface area contributed by atoms with Crippen LogP contribution < -0.4 is 11.1 Å². The number of esters is 1. The van der Waals surface area contributed by atoms with E-state index in [0.717, 1.165) is 11.4 Å². The molecular weight excluding hydrogens is 272 g/mol. The highest BCUT2D eigenvalue weighted by molar-refractivity contribution is 7.18. The van der Waals surface area contributed by atoms with E-state index >= 15 is 0 Å². The number of nitrogen functional groups attached to an aromatic ring is 1. The van der Waals surface area contributed by atoms with E-state index < -0.39 is 5.97 Å². The maximum absolute atomic E-state index is 11.5. The summed E-state index contributed by atoms with van der Waals surface area (Å²) in [6.07, 6.45) is 1.04. The zero-order valence-electron chi connectivity index (χ0n) is 11.6. The highest BCUT2D eigenvalue weighted by Gasteiger charge is 2.14. The van der Waals surface area contributed by atoms with Crippen molar-refractivity contribution in [2.24, 2.45) is 0 Å². The lowest BCUT2D eigenvalue weighted by Crippen LogP contribution is -2.01. The van der Waals surface area contributed by atoms with Gasteiger partial charge in [-0.3, -0.25) is 0 Å². The Bertz CT molecular complexity index is 590. The highest BCUT2D eigenvalue weighted by Crippen LogP contribution is 2.30. The Morgan fingerprint density at radius 3 is 2.55 bits per heavy atom. The van der Waals surface area contributed by atoms with Gasteiger partial charge in [-0.05, 0) is 23.6 Å². The first kappa shape index (κ1) is 14.4. The second kappa shape index (κ2) is 6.43. The molecule has 1 aromatic carbocycles. The summed E-state index contributed by atoms with van der Waals surface area (Å²) < 4.78 is 4.68. The van der Waals surface area contributed by atoms with Crippen molar-refractivity contribution in [1.29, 1.82) is 0 Å². The molecule has 1 heterocycles. The highest BCUT2D eigenvalue weighted by atomic mass is 32.1. The molecule has 0 aliphatic heterocycles. The molecule has 106 valence electrons. The number of carbonyl (C=O) groups excluding carboxylic acids is 1. The average molecular weight is 290 g/mol. The zero-order chi connectivity index (χ0) is 14.5. The van der Waals surface area contributed by atoms with Crippen LogP contribution in [0.3, 0.4) is 0 Å². The quantitative estimate of drug-likeness (QED) is 0.829. The van der Waals surface area contributed by atoms with E-state index in [1.54, 1.807) is 6.07 Å². The number of aryl methyl sites for hydroxylation is 1. The van der Waals surface area contributed by atoms with E-state index in [2.05, 4.69) is 41.2 Å². The van der Waals surface area contributed by atoms with Gasteiger partial charge < -0.3 is 15.8 Å². The maximum atomic E-state index is 11.5. The molecule has 1 aromatic heterocycles. The molecule has 0 spiro atoms. The lowest BCUT2D eigenvalue weighted by atomic mass is 10.1. The molecule has 0 saturated carbocycles. The summed E-state index contributed by atoms with van der Waals surface area (Å²) in [7, 11) is 1.35. The molecule has 0 fully saturated rings. The van der Waals surface area contributed by atoms with Crippen LogP contribution in [0.25, 0.3) is 0 Å². The molecule has 3 N–H and O–H groups in total. The third kappa shape index (κ3) is 3.30. The van der Waals surface area contributed by atoms with Crippen LogP contribution in [-0.2, 0) is 17.7 Å². The zero-order valence-corrected chi connectivity index (χ0v) is 12.4. The van der Waals surface area contributed by atoms with Crippen molar-refractivity contribution in [3.05, 3.63) is 46.3 Å². The van der Waals surface area contributed by atoms with Gasteiger partial charge in [-0.2, -0.15) is 0 Å². The molecule has 0 radical (unpaired) electrons. The van der Waals surface area contributed by atoms with Gasteiger partial charge in [0.1, 0.15) is 4.88 Å². The number of ether oxygens (including phenoxy) is 1. The lowest BCUT2D eigenvalue weighted by Gasteiger charge is -2.04. The van der Waals surface area contributed by atoms with Crippen LogP contribution in [0, 0.1) is 0 Å². The molecule has 5 heteroatoms. The summed E-state index contributed by atoms with van der Waals surface area (Å²) in [5.41, 5.74) is 8.75. The van der Waals surface area contributed by atoms with E-state index in [1.165, 1.54) is 29.6 Å². The first-order valence-electron chi connectivity index (χ1n) is 6.43. The van der Waals surface area contributed by atoms with Gasteiger partial charge in [-0.15, -0.1) is 11.3 Å². The predicted octanol–water partition coefficient (Wildman–Crippen LogP) is 3.29. The summed E-state index contributed by atoms with van der Waals surface area (Å²) in [5, 5.41) is 4.13. The topological polar surface area (TPSA) is 64.3 Å². The van der Waals surface area contributed by atoms with Gasteiger partial charge in [0.05, 0.1) is 17.8 Å². The molecule has 0 amide bonds. The fraction of sp³-hybridized carbons (Fsp3) is 0.267. The molecule has 2 rings (SSSR count). The SMILES string of the molecule is CCc1ccc(CNc2cc(N)c(C(=O)OC)s2)cc1. The van der Waals surface area contributed by atoms with E-state index in [0.29, 0.717) is 17.1 Å². The van der Waals surface area contributed by atoms with Gasteiger partial charge in [0, 0.05) is 6.54 Å². The Balaban J connectivity index is 2.01. The number of benzene rings is 1. The van der Waals surface area contributed by atoms with E-state index in [1.807, 2.05) is 0 Å².